The molecule has 0 N–H and O–H groups in total. The van der Waals surface area contributed by atoms with Crippen LogP contribution in [0.1, 0.15) is 29.7 Å². The Hall–Kier alpha value is -2.51. The molecule has 0 bridgehead atoms. The summed E-state index contributed by atoms with van der Waals surface area (Å²) in [6, 6.07) is 31.7. The Morgan fingerprint density at radius 2 is 1.36 bits per heavy atom. The standard InChI is InChI=1S/C27H32N2O3S/c1-27(29(18-19-32-33(2,30)31)20-23-12-6-3-7-13-23)21-28(22-27)26(24-14-8-4-9-15-24)25-16-10-5-11-17-25/h3-17,26H,18-22H2,1-2H3. The van der Waals surface area contributed by atoms with Crippen molar-refractivity contribution < 1.29 is 12.6 Å². The van der Waals surface area contributed by atoms with Crippen LogP contribution in [0, 0.1) is 0 Å². The van der Waals surface area contributed by atoms with Crippen molar-refractivity contribution in [2.75, 3.05) is 32.5 Å². The molecule has 33 heavy (non-hydrogen) atoms. The Labute approximate surface area is 197 Å². The van der Waals surface area contributed by atoms with Crippen molar-refractivity contribution in [2.24, 2.45) is 0 Å². The highest BCUT2D eigenvalue weighted by molar-refractivity contribution is 7.85. The molecule has 4 rings (SSSR count). The summed E-state index contributed by atoms with van der Waals surface area (Å²) in [5.74, 6) is 0. The van der Waals surface area contributed by atoms with Gasteiger partial charge in [-0.05, 0) is 23.6 Å². The second-order valence-electron chi connectivity index (χ2n) is 9.06. The molecule has 0 saturated carbocycles. The third-order valence-corrected chi connectivity index (χ3v) is 6.92. The molecule has 0 spiro atoms. The van der Waals surface area contributed by atoms with Crippen LogP contribution in [0.5, 0.6) is 0 Å². The van der Waals surface area contributed by atoms with Crippen molar-refractivity contribution in [1.82, 2.24) is 9.80 Å². The van der Waals surface area contributed by atoms with Gasteiger partial charge in [-0.1, -0.05) is 91.0 Å². The monoisotopic (exact) mass is 464 g/mol. The number of benzene rings is 3. The van der Waals surface area contributed by atoms with E-state index in [9.17, 15) is 8.42 Å². The quantitative estimate of drug-likeness (QED) is 0.418. The van der Waals surface area contributed by atoms with E-state index < -0.39 is 10.1 Å². The lowest BCUT2D eigenvalue weighted by molar-refractivity contribution is -0.0657. The molecule has 1 aliphatic rings. The molecule has 3 aromatic carbocycles. The molecule has 1 aliphatic heterocycles. The first-order chi connectivity index (χ1) is 15.8. The van der Waals surface area contributed by atoms with Gasteiger partial charge >= 0.3 is 0 Å². The summed E-state index contributed by atoms with van der Waals surface area (Å²) in [6.45, 7) is 5.48. The molecule has 5 nitrogen and oxygen atoms in total. The van der Waals surface area contributed by atoms with Gasteiger partial charge in [0.05, 0.1) is 18.9 Å². The molecular formula is C27H32N2O3S. The topological polar surface area (TPSA) is 49.9 Å². The molecule has 0 amide bonds. The lowest BCUT2D eigenvalue weighted by Gasteiger charge is -2.57. The van der Waals surface area contributed by atoms with Gasteiger partial charge in [-0.3, -0.25) is 14.0 Å². The zero-order chi connectivity index (χ0) is 23.3. The SMILES string of the molecule is CC1(N(CCOS(C)(=O)=O)Cc2ccccc2)CN(C(c2ccccc2)c2ccccc2)C1. The second-order valence-corrected chi connectivity index (χ2v) is 10.7. The highest BCUT2D eigenvalue weighted by Crippen LogP contribution is 2.39. The first-order valence-corrected chi connectivity index (χ1v) is 13.1. The number of hydrogen-bond acceptors (Lipinski definition) is 5. The number of hydrogen-bond donors (Lipinski definition) is 0. The van der Waals surface area contributed by atoms with E-state index in [0.29, 0.717) is 6.54 Å². The number of nitrogens with zero attached hydrogens (tertiary/aromatic N) is 2. The van der Waals surface area contributed by atoms with Crippen molar-refractivity contribution in [3.63, 3.8) is 0 Å². The van der Waals surface area contributed by atoms with Gasteiger partial charge in [0.25, 0.3) is 10.1 Å². The van der Waals surface area contributed by atoms with Gasteiger partial charge in [-0.25, -0.2) is 0 Å². The minimum atomic E-state index is -3.46. The first-order valence-electron chi connectivity index (χ1n) is 11.3. The van der Waals surface area contributed by atoms with Crippen molar-refractivity contribution >= 4 is 10.1 Å². The number of likely N-dealkylation sites (tertiary alicyclic amines) is 1. The molecule has 0 radical (unpaired) electrons. The summed E-state index contributed by atoms with van der Waals surface area (Å²) < 4.78 is 28.1. The van der Waals surface area contributed by atoms with E-state index in [1.807, 2.05) is 18.2 Å². The van der Waals surface area contributed by atoms with E-state index in [4.69, 9.17) is 4.18 Å². The fourth-order valence-electron chi connectivity index (χ4n) is 4.74. The first kappa shape index (κ1) is 23.6. The third-order valence-electron chi connectivity index (χ3n) is 6.32. The predicted octanol–water partition coefficient (Wildman–Crippen LogP) is 4.33. The van der Waals surface area contributed by atoms with Gasteiger partial charge in [0, 0.05) is 31.7 Å². The maximum atomic E-state index is 11.5. The van der Waals surface area contributed by atoms with Crippen LogP contribution >= 0.6 is 0 Å². The summed E-state index contributed by atoms with van der Waals surface area (Å²) in [5, 5.41) is 0. The smallest absolute Gasteiger partial charge is 0.264 e. The van der Waals surface area contributed by atoms with Crippen LogP contribution in [0.2, 0.25) is 0 Å². The van der Waals surface area contributed by atoms with Crippen LogP contribution in [0.25, 0.3) is 0 Å². The fraction of sp³-hybridized carbons (Fsp3) is 0.333. The Balaban J connectivity index is 1.53. The van der Waals surface area contributed by atoms with Crippen molar-refractivity contribution in [2.45, 2.75) is 25.0 Å². The summed E-state index contributed by atoms with van der Waals surface area (Å²) in [6.07, 6.45) is 1.10. The fourth-order valence-corrected chi connectivity index (χ4v) is 5.12. The van der Waals surface area contributed by atoms with Gasteiger partial charge in [0.1, 0.15) is 0 Å². The molecule has 0 unspecified atom stereocenters. The van der Waals surface area contributed by atoms with Crippen molar-refractivity contribution in [3.8, 4) is 0 Å². The molecule has 0 aliphatic carbocycles. The average Bonchev–Trinajstić information content (AvgIpc) is 2.79. The maximum Gasteiger partial charge on any atom is 0.264 e. The van der Waals surface area contributed by atoms with Gasteiger partial charge in [-0.15, -0.1) is 0 Å². The van der Waals surface area contributed by atoms with E-state index in [0.717, 1.165) is 25.9 Å². The molecule has 174 valence electrons. The molecular weight excluding hydrogens is 432 g/mol. The number of rotatable bonds is 10. The zero-order valence-corrected chi connectivity index (χ0v) is 20.1. The largest absolute Gasteiger partial charge is 0.289 e. The van der Waals surface area contributed by atoms with Crippen LogP contribution in [0.15, 0.2) is 91.0 Å². The van der Waals surface area contributed by atoms with E-state index >= 15 is 0 Å². The molecule has 1 heterocycles. The zero-order valence-electron chi connectivity index (χ0n) is 19.3. The van der Waals surface area contributed by atoms with E-state index in [1.54, 1.807) is 0 Å². The molecule has 0 aromatic heterocycles. The summed E-state index contributed by atoms with van der Waals surface area (Å²) in [5.41, 5.74) is 3.68. The lowest BCUT2D eigenvalue weighted by Crippen LogP contribution is -2.69. The molecule has 0 atom stereocenters. The Kier molecular flexibility index (Phi) is 7.29. The van der Waals surface area contributed by atoms with E-state index in [1.165, 1.54) is 16.7 Å². The minimum absolute atomic E-state index is 0.0848. The minimum Gasteiger partial charge on any atom is -0.289 e. The van der Waals surface area contributed by atoms with Crippen LogP contribution in [0.3, 0.4) is 0 Å². The third kappa shape index (κ3) is 6.09. The van der Waals surface area contributed by atoms with Crippen molar-refractivity contribution in [1.29, 1.82) is 0 Å². The van der Waals surface area contributed by atoms with Crippen LogP contribution < -0.4 is 0 Å². The van der Waals surface area contributed by atoms with Gasteiger partial charge in [-0.2, -0.15) is 8.42 Å². The normalized spacial score (nSPS) is 16.1. The summed E-state index contributed by atoms with van der Waals surface area (Å²) in [4.78, 5) is 4.86. The molecule has 1 fully saturated rings. The average molecular weight is 465 g/mol. The Morgan fingerprint density at radius 3 is 1.85 bits per heavy atom. The molecule has 1 saturated heterocycles. The second kappa shape index (κ2) is 10.2. The lowest BCUT2D eigenvalue weighted by atomic mass is 9.84. The molecule has 6 heteroatoms. The van der Waals surface area contributed by atoms with Crippen LogP contribution in [-0.4, -0.2) is 56.3 Å². The van der Waals surface area contributed by atoms with Gasteiger partial charge in [0.15, 0.2) is 0 Å². The van der Waals surface area contributed by atoms with Gasteiger partial charge < -0.3 is 0 Å². The molecule has 3 aromatic rings. The van der Waals surface area contributed by atoms with E-state index in [2.05, 4.69) is 89.5 Å². The maximum absolute atomic E-state index is 11.5. The Morgan fingerprint density at radius 1 is 0.879 bits per heavy atom. The highest BCUT2D eigenvalue weighted by atomic mass is 32.2. The highest BCUT2D eigenvalue weighted by Gasteiger charge is 2.46. The van der Waals surface area contributed by atoms with Crippen molar-refractivity contribution in [3.05, 3.63) is 108 Å². The van der Waals surface area contributed by atoms with Gasteiger partial charge in [0.2, 0.25) is 0 Å². The summed E-state index contributed by atoms with van der Waals surface area (Å²) in [7, 11) is -3.46. The van der Waals surface area contributed by atoms with E-state index in [-0.39, 0.29) is 18.2 Å². The predicted molar refractivity (Wildman–Crippen MR) is 132 cm³/mol. The summed E-state index contributed by atoms with van der Waals surface area (Å²) >= 11 is 0. The Bertz CT molecular complexity index is 1080. The van der Waals surface area contributed by atoms with Crippen LogP contribution in [0.4, 0.5) is 0 Å². The van der Waals surface area contributed by atoms with Crippen LogP contribution in [-0.2, 0) is 20.8 Å².